The second kappa shape index (κ2) is 6.30. The first-order chi connectivity index (χ1) is 9.08. The number of aliphatic hydroxyl groups is 1. The van der Waals surface area contributed by atoms with Gasteiger partial charge in [-0.3, -0.25) is 4.99 Å². The van der Waals surface area contributed by atoms with Crippen LogP contribution in [0.4, 0.5) is 0 Å². The van der Waals surface area contributed by atoms with Crippen LogP contribution in [0, 0.1) is 11.8 Å². The van der Waals surface area contributed by atoms with Crippen LogP contribution in [0.5, 0.6) is 0 Å². The zero-order valence-corrected chi connectivity index (χ0v) is 11.2. The lowest BCUT2D eigenvalue weighted by molar-refractivity contribution is -0.147. The molecule has 0 bridgehead atoms. The number of aliphatic hydroxyl groups excluding tert-OH is 1. The molecule has 2 unspecified atom stereocenters. The average molecular weight is 267 g/mol. The predicted octanol–water partition coefficient (Wildman–Crippen LogP) is 1.26. The van der Waals surface area contributed by atoms with Crippen LogP contribution in [0.1, 0.15) is 26.2 Å². The standard InChI is InChI=1S/C14H21NO4/c1-9-11(8-13(16)14(17)18)2-3-12(15-9)10-4-6-19-7-5-10/h2-3,9-11,13,16H,4-8H2,1H3,(H,17,18)/t9?,11?,13-/m0/s1. The van der Waals surface area contributed by atoms with E-state index >= 15 is 0 Å². The Hall–Kier alpha value is -1.20. The highest BCUT2D eigenvalue weighted by molar-refractivity contribution is 5.97. The minimum Gasteiger partial charge on any atom is -0.479 e. The molecule has 2 aliphatic rings. The molecular weight excluding hydrogens is 246 g/mol. The highest BCUT2D eigenvalue weighted by atomic mass is 16.5. The topological polar surface area (TPSA) is 79.1 Å². The summed E-state index contributed by atoms with van der Waals surface area (Å²) in [6, 6.07) is 0.0249. The van der Waals surface area contributed by atoms with Gasteiger partial charge in [0.05, 0.1) is 6.04 Å². The lowest BCUT2D eigenvalue weighted by Gasteiger charge is -2.28. The van der Waals surface area contributed by atoms with Gasteiger partial charge in [-0.05, 0) is 32.3 Å². The maximum absolute atomic E-state index is 10.7. The van der Waals surface area contributed by atoms with Gasteiger partial charge in [0.2, 0.25) is 0 Å². The van der Waals surface area contributed by atoms with Crippen LogP contribution < -0.4 is 0 Å². The molecule has 0 radical (unpaired) electrons. The Morgan fingerprint density at radius 1 is 1.53 bits per heavy atom. The molecule has 2 heterocycles. The fourth-order valence-electron chi connectivity index (χ4n) is 2.63. The summed E-state index contributed by atoms with van der Waals surface area (Å²) in [6.07, 6.45) is 4.90. The van der Waals surface area contributed by atoms with Crippen molar-refractivity contribution in [1.82, 2.24) is 0 Å². The summed E-state index contributed by atoms with van der Waals surface area (Å²) in [5.74, 6) is -0.715. The Morgan fingerprint density at radius 3 is 2.79 bits per heavy atom. The van der Waals surface area contributed by atoms with Crippen molar-refractivity contribution in [3.8, 4) is 0 Å². The summed E-state index contributed by atoms with van der Waals surface area (Å²) in [5.41, 5.74) is 1.09. The predicted molar refractivity (Wildman–Crippen MR) is 71.3 cm³/mol. The van der Waals surface area contributed by atoms with Gasteiger partial charge in [0, 0.05) is 30.8 Å². The monoisotopic (exact) mass is 267 g/mol. The van der Waals surface area contributed by atoms with Crippen LogP contribution in [-0.4, -0.2) is 47.3 Å². The quantitative estimate of drug-likeness (QED) is 0.803. The van der Waals surface area contributed by atoms with Crippen molar-refractivity contribution in [2.75, 3.05) is 13.2 Å². The molecule has 2 rings (SSSR count). The first kappa shape index (κ1) is 14.2. The van der Waals surface area contributed by atoms with E-state index in [1.54, 1.807) is 0 Å². The van der Waals surface area contributed by atoms with Crippen molar-refractivity contribution >= 4 is 11.7 Å². The molecule has 2 N–H and O–H groups in total. The number of hydrogen-bond acceptors (Lipinski definition) is 4. The van der Waals surface area contributed by atoms with E-state index in [2.05, 4.69) is 4.99 Å². The number of ether oxygens (including phenoxy) is 1. The van der Waals surface area contributed by atoms with Crippen LogP contribution in [0.3, 0.4) is 0 Å². The summed E-state index contributed by atoms with van der Waals surface area (Å²) < 4.78 is 5.34. The summed E-state index contributed by atoms with van der Waals surface area (Å²) in [4.78, 5) is 15.3. The molecule has 0 spiro atoms. The normalized spacial score (nSPS) is 29.9. The van der Waals surface area contributed by atoms with Crippen molar-refractivity contribution in [3.63, 3.8) is 0 Å². The first-order valence-corrected chi connectivity index (χ1v) is 6.82. The number of aliphatic carboxylic acids is 1. The lowest BCUT2D eigenvalue weighted by atomic mass is 9.87. The van der Waals surface area contributed by atoms with Crippen LogP contribution in [0.15, 0.2) is 17.1 Å². The van der Waals surface area contributed by atoms with Crippen molar-refractivity contribution in [3.05, 3.63) is 12.2 Å². The van der Waals surface area contributed by atoms with Gasteiger partial charge in [0.25, 0.3) is 0 Å². The van der Waals surface area contributed by atoms with E-state index in [0.29, 0.717) is 5.92 Å². The molecule has 0 aromatic heterocycles. The van der Waals surface area contributed by atoms with Crippen LogP contribution in [-0.2, 0) is 9.53 Å². The molecule has 5 nitrogen and oxygen atoms in total. The lowest BCUT2D eigenvalue weighted by Crippen LogP contribution is -2.31. The zero-order chi connectivity index (χ0) is 13.8. The van der Waals surface area contributed by atoms with Crippen molar-refractivity contribution in [2.24, 2.45) is 16.8 Å². The van der Waals surface area contributed by atoms with E-state index in [-0.39, 0.29) is 18.4 Å². The van der Waals surface area contributed by atoms with Gasteiger partial charge in [-0.25, -0.2) is 4.79 Å². The van der Waals surface area contributed by atoms with Crippen molar-refractivity contribution in [1.29, 1.82) is 0 Å². The Bertz CT molecular complexity index is 385. The molecule has 0 aromatic rings. The van der Waals surface area contributed by atoms with E-state index in [0.717, 1.165) is 31.8 Å². The molecule has 3 atom stereocenters. The minimum absolute atomic E-state index is 0.00492. The summed E-state index contributed by atoms with van der Waals surface area (Å²) >= 11 is 0. The van der Waals surface area contributed by atoms with Gasteiger partial charge in [-0.2, -0.15) is 0 Å². The van der Waals surface area contributed by atoms with Gasteiger partial charge < -0.3 is 14.9 Å². The van der Waals surface area contributed by atoms with Gasteiger partial charge in [-0.15, -0.1) is 0 Å². The molecule has 1 fully saturated rings. The number of carboxylic acid groups (broad SMARTS) is 1. The molecule has 0 amide bonds. The third-order valence-electron chi connectivity index (χ3n) is 3.91. The zero-order valence-electron chi connectivity index (χ0n) is 11.2. The number of dihydropyridines is 1. The Balaban J connectivity index is 1.95. The number of carboxylic acids is 1. The van der Waals surface area contributed by atoms with Gasteiger partial charge in [0.15, 0.2) is 6.10 Å². The van der Waals surface area contributed by atoms with Crippen molar-refractivity contribution in [2.45, 2.75) is 38.3 Å². The molecule has 106 valence electrons. The highest BCUT2D eigenvalue weighted by Crippen LogP contribution is 2.25. The van der Waals surface area contributed by atoms with Gasteiger partial charge in [0.1, 0.15) is 0 Å². The van der Waals surface area contributed by atoms with Crippen molar-refractivity contribution < 1.29 is 19.7 Å². The second-order valence-electron chi connectivity index (χ2n) is 5.29. The molecule has 19 heavy (non-hydrogen) atoms. The number of rotatable bonds is 4. The van der Waals surface area contributed by atoms with Crippen LogP contribution in [0.2, 0.25) is 0 Å². The third-order valence-corrected chi connectivity index (χ3v) is 3.91. The SMILES string of the molecule is CC1N=C(C2CCOCC2)C=CC1C[C@H](O)C(=O)O. The number of carbonyl (C=O) groups is 1. The highest BCUT2D eigenvalue weighted by Gasteiger charge is 2.27. The molecule has 0 aliphatic carbocycles. The molecular formula is C14H21NO4. The number of allylic oxidation sites excluding steroid dienone is 1. The van der Waals surface area contributed by atoms with E-state index in [1.165, 1.54) is 0 Å². The van der Waals surface area contributed by atoms with Gasteiger partial charge in [-0.1, -0.05) is 6.08 Å². The Morgan fingerprint density at radius 2 is 2.21 bits per heavy atom. The largest absolute Gasteiger partial charge is 0.479 e. The smallest absolute Gasteiger partial charge is 0.332 e. The van der Waals surface area contributed by atoms with Gasteiger partial charge >= 0.3 is 5.97 Å². The van der Waals surface area contributed by atoms with E-state index in [4.69, 9.17) is 9.84 Å². The Labute approximate surface area is 113 Å². The molecule has 5 heteroatoms. The summed E-state index contributed by atoms with van der Waals surface area (Å²) in [5, 5.41) is 18.1. The number of nitrogens with zero attached hydrogens (tertiary/aromatic N) is 1. The maximum atomic E-state index is 10.7. The number of aliphatic imine (C=N–C) groups is 1. The Kier molecular flexibility index (Phi) is 4.71. The minimum atomic E-state index is -1.31. The summed E-state index contributed by atoms with van der Waals surface area (Å²) in [6.45, 7) is 3.54. The molecule has 0 saturated carbocycles. The maximum Gasteiger partial charge on any atom is 0.332 e. The molecule has 1 saturated heterocycles. The average Bonchev–Trinajstić information content (AvgIpc) is 2.41. The molecule has 0 aromatic carbocycles. The van der Waals surface area contributed by atoms with Crippen LogP contribution in [0.25, 0.3) is 0 Å². The van der Waals surface area contributed by atoms with E-state index in [9.17, 15) is 9.90 Å². The first-order valence-electron chi connectivity index (χ1n) is 6.82. The third kappa shape index (κ3) is 3.64. The van der Waals surface area contributed by atoms with E-state index < -0.39 is 12.1 Å². The number of hydrogen-bond donors (Lipinski definition) is 2. The fourth-order valence-corrected chi connectivity index (χ4v) is 2.63. The molecule has 2 aliphatic heterocycles. The van der Waals surface area contributed by atoms with Crippen LogP contribution >= 0.6 is 0 Å². The fraction of sp³-hybridized carbons (Fsp3) is 0.714. The second-order valence-corrected chi connectivity index (χ2v) is 5.29. The summed E-state index contributed by atoms with van der Waals surface area (Å²) in [7, 11) is 0. The van der Waals surface area contributed by atoms with E-state index in [1.807, 2.05) is 19.1 Å².